The quantitative estimate of drug-likeness (QED) is 0.702. The molecule has 1 atom stereocenters. The minimum atomic E-state index is 0.273. The average Bonchev–Trinajstić information content (AvgIpc) is 3.29. The third kappa shape index (κ3) is 5.14. The Morgan fingerprint density at radius 2 is 2.05 bits per heavy atom. The third-order valence-corrected chi connectivity index (χ3v) is 5.04. The third-order valence-electron chi connectivity index (χ3n) is 4.20. The molecule has 1 saturated carbocycles. The monoisotopic (exact) mass is 328 g/mol. The fraction of sp³-hybridized carbons (Fsp3) is 0.647. The summed E-state index contributed by atoms with van der Waals surface area (Å²) in [6.07, 6.45) is 3.88. The van der Waals surface area contributed by atoms with Crippen molar-refractivity contribution < 1.29 is 0 Å². The van der Waals surface area contributed by atoms with Crippen molar-refractivity contribution in [1.82, 2.24) is 10.2 Å². The summed E-state index contributed by atoms with van der Waals surface area (Å²) in [7, 11) is 0. The predicted molar refractivity (Wildman–Crippen MR) is 92.3 cm³/mol. The van der Waals surface area contributed by atoms with E-state index in [2.05, 4.69) is 30.1 Å². The van der Waals surface area contributed by atoms with Crippen molar-refractivity contribution in [2.75, 3.05) is 26.2 Å². The second kappa shape index (κ2) is 8.38. The molecule has 2 rings (SSSR count). The first kappa shape index (κ1) is 17.1. The standard InChI is InChI=1S/C17H26Cl2N2/c1-3-20-16(14-6-5-7-15(18)17(14)19)10-11-21(4-2)12-13-8-9-13/h5-7,13,16,20H,3-4,8-12H2,1-2H3. The number of nitrogens with one attached hydrogen (secondary N) is 1. The Kier molecular flexibility index (Phi) is 6.81. The minimum absolute atomic E-state index is 0.273. The SMILES string of the molecule is CCNC(CCN(CC)CC1CC1)c1cccc(Cl)c1Cl. The lowest BCUT2D eigenvalue weighted by atomic mass is 10.0. The largest absolute Gasteiger partial charge is 0.310 e. The molecule has 0 heterocycles. The van der Waals surface area contributed by atoms with Gasteiger partial charge in [0.15, 0.2) is 0 Å². The van der Waals surface area contributed by atoms with Gasteiger partial charge in [-0.05, 0) is 56.4 Å². The molecule has 1 aliphatic rings. The second-order valence-electron chi connectivity index (χ2n) is 5.88. The molecular formula is C17H26Cl2N2. The van der Waals surface area contributed by atoms with Crippen LogP contribution in [0.3, 0.4) is 0 Å². The van der Waals surface area contributed by atoms with Gasteiger partial charge in [-0.3, -0.25) is 0 Å². The highest BCUT2D eigenvalue weighted by molar-refractivity contribution is 6.42. The number of rotatable bonds is 9. The van der Waals surface area contributed by atoms with Crippen molar-refractivity contribution >= 4 is 23.2 Å². The Morgan fingerprint density at radius 1 is 1.29 bits per heavy atom. The molecule has 21 heavy (non-hydrogen) atoms. The summed E-state index contributed by atoms with van der Waals surface area (Å²) in [6.45, 7) is 8.79. The molecule has 0 aliphatic heterocycles. The number of benzene rings is 1. The summed E-state index contributed by atoms with van der Waals surface area (Å²) in [5.74, 6) is 0.942. The van der Waals surface area contributed by atoms with Crippen molar-refractivity contribution in [2.24, 2.45) is 5.92 Å². The predicted octanol–water partition coefficient (Wildman–Crippen LogP) is 4.77. The molecule has 0 spiro atoms. The van der Waals surface area contributed by atoms with Gasteiger partial charge in [0.2, 0.25) is 0 Å². The minimum Gasteiger partial charge on any atom is -0.310 e. The highest BCUT2D eigenvalue weighted by Crippen LogP contribution is 2.32. The normalized spacial score (nSPS) is 16.4. The fourth-order valence-corrected chi connectivity index (χ4v) is 3.20. The van der Waals surface area contributed by atoms with Gasteiger partial charge in [-0.1, -0.05) is 49.2 Å². The zero-order chi connectivity index (χ0) is 15.2. The smallest absolute Gasteiger partial charge is 0.0640 e. The summed E-state index contributed by atoms with van der Waals surface area (Å²) in [6, 6.07) is 6.19. The van der Waals surface area contributed by atoms with Gasteiger partial charge in [0.1, 0.15) is 0 Å². The van der Waals surface area contributed by atoms with Crippen molar-refractivity contribution in [3.05, 3.63) is 33.8 Å². The first-order valence-electron chi connectivity index (χ1n) is 8.05. The fourth-order valence-electron chi connectivity index (χ4n) is 2.76. The van der Waals surface area contributed by atoms with Gasteiger partial charge in [-0.2, -0.15) is 0 Å². The van der Waals surface area contributed by atoms with Crippen LogP contribution < -0.4 is 5.32 Å². The molecule has 1 aromatic rings. The number of hydrogen-bond donors (Lipinski definition) is 1. The summed E-state index contributed by atoms with van der Waals surface area (Å²) >= 11 is 12.5. The molecule has 1 N–H and O–H groups in total. The van der Waals surface area contributed by atoms with Crippen molar-refractivity contribution in [1.29, 1.82) is 0 Å². The highest BCUT2D eigenvalue weighted by Gasteiger charge is 2.24. The molecule has 0 bridgehead atoms. The summed E-state index contributed by atoms with van der Waals surface area (Å²) in [4.78, 5) is 2.56. The Hall–Kier alpha value is -0.280. The molecule has 0 radical (unpaired) electrons. The molecule has 1 aliphatic carbocycles. The van der Waals surface area contributed by atoms with Crippen LogP contribution in [0.4, 0.5) is 0 Å². The van der Waals surface area contributed by atoms with E-state index in [-0.39, 0.29) is 6.04 Å². The summed E-state index contributed by atoms with van der Waals surface area (Å²) in [5.41, 5.74) is 1.12. The lowest BCUT2D eigenvalue weighted by Crippen LogP contribution is -2.31. The summed E-state index contributed by atoms with van der Waals surface area (Å²) in [5, 5.41) is 4.88. The van der Waals surface area contributed by atoms with Crippen molar-refractivity contribution in [3.63, 3.8) is 0 Å². The number of nitrogens with zero attached hydrogens (tertiary/aromatic N) is 1. The molecule has 1 aromatic carbocycles. The van der Waals surface area contributed by atoms with Crippen molar-refractivity contribution in [2.45, 2.75) is 39.2 Å². The first-order valence-corrected chi connectivity index (χ1v) is 8.80. The van der Waals surface area contributed by atoms with Gasteiger partial charge < -0.3 is 10.2 Å². The van der Waals surface area contributed by atoms with E-state index in [1.807, 2.05) is 12.1 Å². The summed E-state index contributed by atoms with van der Waals surface area (Å²) < 4.78 is 0. The van der Waals surface area contributed by atoms with Crippen LogP contribution in [0.2, 0.25) is 10.0 Å². The number of hydrogen-bond acceptors (Lipinski definition) is 2. The Labute approximate surface area is 138 Å². The molecule has 1 unspecified atom stereocenters. The molecule has 1 fully saturated rings. The second-order valence-corrected chi connectivity index (χ2v) is 6.66. The maximum atomic E-state index is 6.38. The van der Waals surface area contributed by atoms with E-state index in [4.69, 9.17) is 23.2 Å². The highest BCUT2D eigenvalue weighted by atomic mass is 35.5. The van der Waals surface area contributed by atoms with Crippen LogP contribution in [0.25, 0.3) is 0 Å². The molecule has 0 saturated heterocycles. The van der Waals surface area contributed by atoms with Gasteiger partial charge in [-0.25, -0.2) is 0 Å². The van der Waals surface area contributed by atoms with Gasteiger partial charge in [0.25, 0.3) is 0 Å². The Bertz CT molecular complexity index is 446. The van der Waals surface area contributed by atoms with Gasteiger partial charge in [0.05, 0.1) is 10.0 Å². The topological polar surface area (TPSA) is 15.3 Å². The molecule has 0 aromatic heterocycles. The molecule has 118 valence electrons. The van der Waals surface area contributed by atoms with Crippen molar-refractivity contribution in [3.8, 4) is 0 Å². The van der Waals surface area contributed by atoms with E-state index in [9.17, 15) is 0 Å². The molecule has 0 amide bonds. The van der Waals surface area contributed by atoms with Crippen LogP contribution >= 0.6 is 23.2 Å². The van der Waals surface area contributed by atoms with E-state index >= 15 is 0 Å². The van der Waals surface area contributed by atoms with Crippen LogP contribution in [0, 0.1) is 5.92 Å². The van der Waals surface area contributed by atoms with Gasteiger partial charge >= 0.3 is 0 Å². The van der Waals surface area contributed by atoms with Crippen LogP contribution in [0.1, 0.15) is 44.7 Å². The first-order chi connectivity index (χ1) is 10.2. The van der Waals surface area contributed by atoms with E-state index in [1.54, 1.807) is 0 Å². The lowest BCUT2D eigenvalue weighted by Gasteiger charge is -2.25. The van der Waals surface area contributed by atoms with E-state index < -0.39 is 0 Å². The molecular weight excluding hydrogens is 303 g/mol. The zero-order valence-corrected chi connectivity index (χ0v) is 14.6. The van der Waals surface area contributed by atoms with Gasteiger partial charge in [-0.15, -0.1) is 0 Å². The van der Waals surface area contributed by atoms with Crippen LogP contribution in [0.15, 0.2) is 18.2 Å². The zero-order valence-electron chi connectivity index (χ0n) is 13.0. The Balaban J connectivity index is 1.98. The average molecular weight is 329 g/mol. The maximum absolute atomic E-state index is 6.38. The molecule has 2 nitrogen and oxygen atoms in total. The van der Waals surface area contributed by atoms with E-state index in [1.165, 1.54) is 19.4 Å². The van der Waals surface area contributed by atoms with Gasteiger partial charge in [0, 0.05) is 12.6 Å². The van der Waals surface area contributed by atoms with Crippen LogP contribution in [-0.2, 0) is 0 Å². The maximum Gasteiger partial charge on any atom is 0.0640 e. The van der Waals surface area contributed by atoms with Crippen LogP contribution in [-0.4, -0.2) is 31.1 Å². The Morgan fingerprint density at radius 3 is 2.67 bits per heavy atom. The lowest BCUT2D eigenvalue weighted by molar-refractivity contribution is 0.259. The number of halogens is 2. The van der Waals surface area contributed by atoms with E-state index in [0.717, 1.165) is 37.5 Å². The molecule has 4 heteroatoms. The van der Waals surface area contributed by atoms with Crippen LogP contribution in [0.5, 0.6) is 0 Å². The van der Waals surface area contributed by atoms with E-state index in [0.29, 0.717) is 10.0 Å².